The molecule has 1 rings (SSSR count). The number of aliphatic imine (C=N–C) groups is 1. The fourth-order valence-corrected chi connectivity index (χ4v) is 1.50. The number of hydrogen-bond acceptors (Lipinski definition) is 4. The van der Waals surface area contributed by atoms with Crippen LogP contribution in [0.4, 0.5) is 4.39 Å². The zero-order valence-corrected chi connectivity index (χ0v) is 14.0. The van der Waals surface area contributed by atoms with Gasteiger partial charge in [-0.3, -0.25) is 19.0 Å². The summed E-state index contributed by atoms with van der Waals surface area (Å²) in [6, 6.07) is 9.79. The number of carbonyl (C=O) groups is 2. The van der Waals surface area contributed by atoms with Crippen molar-refractivity contribution in [3.05, 3.63) is 48.3 Å². The lowest BCUT2D eigenvalue weighted by atomic mass is 9.96. The molecule has 1 atom stereocenters. The molecule has 1 aromatic carbocycles. The Morgan fingerprint density at radius 1 is 1.29 bits per heavy atom. The average Bonchev–Trinajstić information content (AvgIpc) is 2.59. The minimum Gasteiger partial charge on any atom is -0.403 e. The van der Waals surface area contributed by atoms with E-state index in [1.54, 1.807) is 13.1 Å². The first-order chi connectivity index (χ1) is 11.6. The monoisotopic (exact) mass is 338 g/mol. The number of amides is 2. The SMILES string of the molecule is CCCF.N/C=C\N=CCC(Cc1ccccc1)C(N)=O.NC=O. The molecule has 6 nitrogen and oxygen atoms in total. The molecule has 1 unspecified atom stereocenters. The number of nitrogens with two attached hydrogens (primary N) is 3. The Bertz CT molecular complexity index is 477. The molecule has 1 aromatic rings. The minimum absolute atomic E-state index is 0.181. The summed E-state index contributed by atoms with van der Waals surface area (Å²) in [7, 11) is 0. The molecule has 6 N–H and O–H groups in total. The Labute approximate surface area is 142 Å². The molecule has 134 valence electrons. The van der Waals surface area contributed by atoms with Crippen molar-refractivity contribution < 1.29 is 14.0 Å². The second-order valence-corrected chi connectivity index (χ2v) is 4.52. The van der Waals surface area contributed by atoms with Crippen molar-refractivity contribution >= 4 is 18.5 Å². The fourth-order valence-electron chi connectivity index (χ4n) is 1.50. The lowest BCUT2D eigenvalue weighted by Gasteiger charge is -2.10. The first-order valence-electron chi connectivity index (χ1n) is 7.50. The molecule has 0 aliphatic carbocycles. The topological polar surface area (TPSA) is 125 Å². The highest BCUT2D eigenvalue weighted by Crippen LogP contribution is 2.11. The summed E-state index contributed by atoms with van der Waals surface area (Å²) in [5.74, 6) is -0.538. The number of hydrogen-bond donors (Lipinski definition) is 3. The first-order valence-corrected chi connectivity index (χ1v) is 7.50. The van der Waals surface area contributed by atoms with E-state index in [4.69, 9.17) is 16.3 Å². The van der Waals surface area contributed by atoms with Gasteiger partial charge in [0.15, 0.2) is 0 Å². The van der Waals surface area contributed by atoms with Crippen molar-refractivity contribution in [2.45, 2.75) is 26.2 Å². The third-order valence-electron chi connectivity index (χ3n) is 2.58. The molecule has 0 saturated heterocycles. The molecule has 0 radical (unpaired) electrons. The molecule has 0 saturated carbocycles. The van der Waals surface area contributed by atoms with Crippen LogP contribution in [-0.2, 0) is 16.0 Å². The average molecular weight is 338 g/mol. The summed E-state index contributed by atoms with van der Waals surface area (Å²) in [6.07, 6.45) is 6.53. The largest absolute Gasteiger partial charge is 0.403 e. The second kappa shape index (κ2) is 18.3. The molecule has 0 bridgehead atoms. The van der Waals surface area contributed by atoms with Crippen molar-refractivity contribution in [1.82, 2.24) is 0 Å². The Balaban J connectivity index is 0. The lowest BCUT2D eigenvalue weighted by molar-refractivity contribution is -0.121. The minimum atomic E-state index is -0.308. The van der Waals surface area contributed by atoms with Crippen LogP contribution >= 0.6 is 0 Å². The normalized spacial score (nSPS) is 11.1. The number of nitrogens with zero attached hydrogens (tertiary/aromatic N) is 1. The van der Waals surface area contributed by atoms with Gasteiger partial charge in [0.05, 0.1) is 6.67 Å². The highest BCUT2D eigenvalue weighted by Gasteiger charge is 2.14. The Kier molecular flexibility index (Phi) is 18.0. The molecule has 0 aliphatic rings. The number of carbonyl (C=O) groups excluding carboxylic acids is 2. The van der Waals surface area contributed by atoms with E-state index in [0.717, 1.165) is 5.56 Å². The van der Waals surface area contributed by atoms with Crippen LogP contribution in [0.3, 0.4) is 0 Å². The number of alkyl halides is 1. The molecule has 0 aliphatic heterocycles. The molecule has 0 heterocycles. The van der Waals surface area contributed by atoms with E-state index in [2.05, 4.69) is 10.7 Å². The Morgan fingerprint density at radius 3 is 2.25 bits per heavy atom. The van der Waals surface area contributed by atoms with E-state index in [1.807, 2.05) is 30.3 Å². The quantitative estimate of drug-likeness (QED) is 0.517. The molecule has 7 heteroatoms. The van der Waals surface area contributed by atoms with E-state index in [0.29, 0.717) is 19.3 Å². The van der Waals surface area contributed by atoms with E-state index >= 15 is 0 Å². The van der Waals surface area contributed by atoms with Crippen LogP contribution in [0.5, 0.6) is 0 Å². The lowest BCUT2D eigenvalue weighted by Crippen LogP contribution is -2.25. The third kappa shape index (κ3) is 15.7. The zero-order valence-electron chi connectivity index (χ0n) is 14.0. The standard InChI is InChI=1S/C13H17N3O.C3H7F.CH3NO/c14-7-9-16-8-6-12(13(15)17)10-11-4-2-1-3-5-11;1-2-3-4;2-1-3/h1-5,7-9,12H,6,10,14H2,(H2,15,17);2-3H2,1H3;1H,(H2,2,3)/b9-7-,16-8?;;. The van der Waals surface area contributed by atoms with Gasteiger partial charge in [-0.1, -0.05) is 37.3 Å². The van der Waals surface area contributed by atoms with Gasteiger partial charge in [-0.15, -0.1) is 0 Å². The van der Waals surface area contributed by atoms with E-state index < -0.39 is 0 Å². The van der Waals surface area contributed by atoms with Gasteiger partial charge in [0.1, 0.15) is 0 Å². The summed E-state index contributed by atoms with van der Waals surface area (Å²) in [5, 5.41) is 0. The van der Waals surface area contributed by atoms with Gasteiger partial charge in [0.2, 0.25) is 12.3 Å². The smallest absolute Gasteiger partial charge is 0.221 e. The molecular weight excluding hydrogens is 311 g/mol. The predicted octanol–water partition coefficient (Wildman–Crippen LogP) is 1.69. The van der Waals surface area contributed by atoms with E-state index in [-0.39, 0.29) is 24.9 Å². The van der Waals surface area contributed by atoms with Crippen LogP contribution < -0.4 is 17.2 Å². The molecular formula is C17H27FN4O2. The van der Waals surface area contributed by atoms with Gasteiger partial charge in [-0.25, -0.2) is 0 Å². The summed E-state index contributed by atoms with van der Waals surface area (Å²) in [6.45, 7) is 1.62. The number of halogens is 1. The Morgan fingerprint density at radius 2 is 1.83 bits per heavy atom. The summed E-state index contributed by atoms with van der Waals surface area (Å²) >= 11 is 0. The van der Waals surface area contributed by atoms with Gasteiger partial charge in [0.25, 0.3) is 0 Å². The van der Waals surface area contributed by atoms with Crippen molar-refractivity contribution in [2.24, 2.45) is 28.1 Å². The van der Waals surface area contributed by atoms with E-state index in [9.17, 15) is 9.18 Å². The van der Waals surface area contributed by atoms with E-state index in [1.165, 1.54) is 12.4 Å². The first kappa shape index (κ1) is 23.6. The van der Waals surface area contributed by atoms with Crippen molar-refractivity contribution in [1.29, 1.82) is 0 Å². The maximum absolute atomic E-state index is 11.3. The van der Waals surface area contributed by atoms with Gasteiger partial charge >= 0.3 is 0 Å². The van der Waals surface area contributed by atoms with Crippen LogP contribution in [0.2, 0.25) is 0 Å². The van der Waals surface area contributed by atoms with Crippen LogP contribution in [0.25, 0.3) is 0 Å². The molecule has 0 spiro atoms. The number of rotatable bonds is 7. The van der Waals surface area contributed by atoms with Crippen molar-refractivity contribution in [3.8, 4) is 0 Å². The van der Waals surface area contributed by atoms with Crippen LogP contribution in [0.1, 0.15) is 25.3 Å². The highest BCUT2D eigenvalue weighted by atomic mass is 19.1. The van der Waals surface area contributed by atoms with Crippen LogP contribution in [0, 0.1) is 5.92 Å². The summed E-state index contributed by atoms with van der Waals surface area (Å²) in [4.78, 5) is 23.8. The van der Waals surface area contributed by atoms with Crippen LogP contribution in [-0.4, -0.2) is 25.2 Å². The van der Waals surface area contributed by atoms with Gasteiger partial charge in [-0.2, -0.15) is 0 Å². The summed E-state index contributed by atoms with van der Waals surface area (Å²) in [5.41, 5.74) is 15.8. The Hall–Kier alpha value is -2.70. The molecule has 0 fully saturated rings. The van der Waals surface area contributed by atoms with Crippen LogP contribution in [0.15, 0.2) is 47.7 Å². The highest BCUT2D eigenvalue weighted by molar-refractivity contribution is 5.80. The zero-order chi connectivity index (χ0) is 18.6. The second-order valence-electron chi connectivity index (χ2n) is 4.52. The molecule has 2 amide bonds. The third-order valence-corrected chi connectivity index (χ3v) is 2.58. The van der Waals surface area contributed by atoms with Crippen molar-refractivity contribution in [2.75, 3.05) is 6.67 Å². The summed E-state index contributed by atoms with van der Waals surface area (Å²) < 4.78 is 10.7. The van der Waals surface area contributed by atoms with Gasteiger partial charge < -0.3 is 17.2 Å². The fraction of sp³-hybridized carbons (Fsp3) is 0.353. The molecule has 24 heavy (non-hydrogen) atoms. The molecule has 0 aromatic heterocycles. The number of primary amides is 2. The predicted molar refractivity (Wildman–Crippen MR) is 95.8 cm³/mol. The maximum Gasteiger partial charge on any atom is 0.221 e. The number of benzene rings is 1. The van der Waals surface area contributed by atoms with Gasteiger partial charge in [0, 0.05) is 24.5 Å². The maximum atomic E-state index is 11.3. The van der Waals surface area contributed by atoms with Gasteiger partial charge in [-0.05, 0) is 24.8 Å². The van der Waals surface area contributed by atoms with Crippen molar-refractivity contribution in [3.63, 3.8) is 0 Å².